The monoisotopic (exact) mass is 293 g/mol. The molecule has 0 aliphatic carbocycles. The minimum Gasteiger partial charge on any atom is -0.480 e. The molecule has 1 aliphatic heterocycles. The highest BCUT2D eigenvalue weighted by Crippen LogP contribution is 2.20. The molecule has 0 bridgehead atoms. The quantitative estimate of drug-likeness (QED) is 0.312. The van der Waals surface area contributed by atoms with Crippen LogP contribution in [0.1, 0.15) is 12.8 Å². The first-order valence-corrected chi connectivity index (χ1v) is 6.13. The molecule has 1 saturated heterocycles. The predicted octanol–water partition coefficient (Wildman–Crippen LogP) is -2.80. The molecule has 6 N–H and O–H groups in total. The molecular formula is C11H19NO8. The van der Waals surface area contributed by atoms with Gasteiger partial charge in [-0.15, -0.1) is 0 Å². The zero-order chi connectivity index (χ0) is 15.3. The van der Waals surface area contributed by atoms with Gasteiger partial charge in [0.1, 0.15) is 24.4 Å². The molecule has 0 spiro atoms. The van der Waals surface area contributed by atoms with Crippen LogP contribution in [0.2, 0.25) is 0 Å². The van der Waals surface area contributed by atoms with E-state index in [1.807, 2.05) is 0 Å². The van der Waals surface area contributed by atoms with E-state index in [9.17, 15) is 19.8 Å². The Morgan fingerprint density at radius 1 is 1.40 bits per heavy atom. The van der Waals surface area contributed by atoms with Gasteiger partial charge >= 0.3 is 11.9 Å². The number of aliphatic hydroxyl groups is 3. The van der Waals surface area contributed by atoms with Crippen LogP contribution >= 0.6 is 0 Å². The standard InChI is InChI=1S/C11H19NO8/c12-5(11(17)18)1-2-8(15)20-7(3-13)10-9(16)6(14)4-19-10/h5-7,9-10,13-14,16H,1-4,12H2,(H,17,18)/t5-,6-,7+,9+,10+/m0/s1. The highest BCUT2D eigenvalue weighted by atomic mass is 16.6. The molecule has 0 aromatic heterocycles. The highest BCUT2D eigenvalue weighted by Gasteiger charge is 2.41. The first kappa shape index (κ1) is 16.8. The van der Waals surface area contributed by atoms with Crippen LogP contribution in [0.15, 0.2) is 0 Å². The average molecular weight is 293 g/mol. The fraction of sp³-hybridized carbons (Fsp3) is 0.818. The van der Waals surface area contributed by atoms with Crippen molar-refractivity contribution >= 4 is 11.9 Å². The first-order chi connectivity index (χ1) is 9.36. The van der Waals surface area contributed by atoms with Gasteiger partial charge in [-0.2, -0.15) is 0 Å². The van der Waals surface area contributed by atoms with E-state index in [1.165, 1.54) is 0 Å². The Hall–Kier alpha value is -1.26. The van der Waals surface area contributed by atoms with Crippen molar-refractivity contribution in [1.29, 1.82) is 0 Å². The Morgan fingerprint density at radius 2 is 2.05 bits per heavy atom. The third-order valence-electron chi connectivity index (χ3n) is 3.00. The zero-order valence-electron chi connectivity index (χ0n) is 10.7. The molecule has 116 valence electrons. The van der Waals surface area contributed by atoms with Crippen molar-refractivity contribution in [3.8, 4) is 0 Å². The number of carbonyl (C=O) groups excluding carboxylic acids is 1. The maximum Gasteiger partial charge on any atom is 0.320 e. The maximum atomic E-state index is 11.5. The molecule has 0 aromatic rings. The van der Waals surface area contributed by atoms with E-state index in [-0.39, 0.29) is 19.4 Å². The molecule has 9 heteroatoms. The van der Waals surface area contributed by atoms with Gasteiger partial charge in [-0.3, -0.25) is 9.59 Å². The topological polar surface area (TPSA) is 160 Å². The third-order valence-corrected chi connectivity index (χ3v) is 3.00. The first-order valence-electron chi connectivity index (χ1n) is 6.13. The number of rotatable bonds is 7. The van der Waals surface area contributed by atoms with Crippen LogP contribution in [0, 0.1) is 0 Å². The Morgan fingerprint density at radius 3 is 2.50 bits per heavy atom. The molecule has 0 aromatic carbocycles. The van der Waals surface area contributed by atoms with Crippen molar-refractivity contribution in [2.45, 2.75) is 43.3 Å². The average Bonchev–Trinajstić information content (AvgIpc) is 2.73. The summed E-state index contributed by atoms with van der Waals surface area (Å²) >= 11 is 0. The Labute approximate surface area is 114 Å². The summed E-state index contributed by atoms with van der Waals surface area (Å²) in [5.74, 6) is -1.99. The van der Waals surface area contributed by atoms with Crippen molar-refractivity contribution in [1.82, 2.24) is 0 Å². The van der Waals surface area contributed by atoms with Gasteiger partial charge in [0.2, 0.25) is 0 Å². The Balaban J connectivity index is 2.44. The van der Waals surface area contributed by atoms with Gasteiger partial charge in [0.15, 0.2) is 6.10 Å². The fourth-order valence-electron chi connectivity index (χ4n) is 1.79. The number of nitrogens with two attached hydrogens (primary N) is 1. The zero-order valence-corrected chi connectivity index (χ0v) is 10.7. The molecule has 1 heterocycles. The smallest absolute Gasteiger partial charge is 0.320 e. The lowest BCUT2D eigenvalue weighted by atomic mass is 10.1. The summed E-state index contributed by atoms with van der Waals surface area (Å²) < 4.78 is 9.94. The summed E-state index contributed by atoms with van der Waals surface area (Å²) in [4.78, 5) is 22.0. The number of hydrogen-bond donors (Lipinski definition) is 5. The van der Waals surface area contributed by atoms with Gasteiger partial charge in [0, 0.05) is 6.42 Å². The minimum absolute atomic E-state index is 0.108. The van der Waals surface area contributed by atoms with Crippen molar-refractivity contribution in [2.24, 2.45) is 5.73 Å². The molecule has 0 saturated carbocycles. The normalized spacial score (nSPS) is 28.9. The number of hydrogen-bond acceptors (Lipinski definition) is 8. The number of esters is 1. The summed E-state index contributed by atoms with van der Waals surface area (Å²) in [7, 11) is 0. The minimum atomic E-state index is -1.26. The SMILES string of the molecule is N[C@@H](CCC(=O)O[C@H](CO)[C@H]1OC[C@H](O)[C@H]1O)C(=O)O. The third kappa shape index (κ3) is 4.39. The van der Waals surface area contributed by atoms with Crippen molar-refractivity contribution in [2.75, 3.05) is 13.2 Å². The largest absolute Gasteiger partial charge is 0.480 e. The second-order valence-corrected chi connectivity index (χ2v) is 4.55. The molecule has 0 radical (unpaired) electrons. The van der Waals surface area contributed by atoms with Crippen LogP contribution in [-0.2, 0) is 19.1 Å². The molecular weight excluding hydrogens is 274 g/mol. The lowest BCUT2D eigenvalue weighted by Gasteiger charge is -2.24. The Bertz CT molecular complexity index is 349. The van der Waals surface area contributed by atoms with Gasteiger partial charge in [-0.25, -0.2) is 0 Å². The lowest BCUT2D eigenvalue weighted by molar-refractivity contribution is -0.163. The molecule has 9 nitrogen and oxygen atoms in total. The molecule has 1 fully saturated rings. The molecule has 5 atom stereocenters. The van der Waals surface area contributed by atoms with E-state index in [4.69, 9.17) is 25.4 Å². The lowest BCUT2D eigenvalue weighted by Crippen LogP contribution is -2.43. The van der Waals surface area contributed by atoms with Crippen molar-refractivity contribution in [3.63, 3.8) is 0 Å². The number of aliphatic hydroxyl groups excluding tert-OH is 3. The molecule has 0 unspecified atom stereocenters. The van der Waals surface area contributed by atoms with E-state index in [1.54, 1.807) is 0 Å². The molecule has 20 heavy (non-hydrogen) atoms. The van der Waals surface area contributed by atoms with Crippen molar-refractivity contribution in [3.05, 3.63) is 0 Å². The molecule has 1 aliphatic rings. The number of carboxylic acid groups (broad SMARTS) is 1. The second kappa shape index (κ2) is 7.50. The van der Waals surface area contributed by atoms with Gasteiger partial charge in [0.05, 0.1) is 13.2 Å². The van der Waals surface area contributed by atoms with Crippen LogP contribution in [-0.4, -0.2) is 76.0 Å². The van der Waals surface area contributed by atoms with E-state index < -0.39 is 49.0 Å². The van der Waals surface area contributed by atoms with Gasteiger partial charge in [-0.05, 0) is 6.42 Å². The van der Waals surface area contributed by atoms with Gasteiger partial charge < -0.3 is 35.6 Å². The Kier molecular flexibility index (Phi) is 6.30. The number of aliphatic carboxylic acids is 1. The summed E-state index contributed by atoms with van der Waals surface area (Å²) in [6, 6.07) is -1.18. The van der Waals surface area contributed by atoms with E-state index >= 15 is 0 Å². The van der Waals surface area contributed by atoms with E-state index in [0.717, 1.165) is 0 Å². The van der Waals surface area contributed by atoms with Crippen LogP contribution in [0.5, 0.6) is 0 Å². The van der Waals surface area contributed by atoms with Gasteiger partial charge in [0.25, 0.3) is 0 Å². The highest BCUT2D eigenvalue weighted by molar-refractivity contribution is 5.75. The summed E-state index contributed by atoms with van der Waals surface area (Å²) in [5.41, 5.74) is 5.24. The van der Waals surface area contributed by atoms with Crippen LogP contribution in [0.4, 0.5) is 0 Å². The molecule has 1 rings (SSSR count). The van der Waals surface area contributed by atoms with Crippen LogP contribution in [0.25, 0.3) is 0 Å². The van der Waals surface area contributed by atoms with E-state index in [2.05, 4.69) is 0 Å². The van der Waals surface area contributed by atoms with Crippen LogP contribution < -0.4 is 5.73 Å². The number of ether oxygens (including phenoxy) is 2. The summed E-state index contributed by atoms with van der Waals surface area (Å²) in [5, 5.41) is 36.6. The van der Waals surface area contributed by atoms with Crippen LogP contribution in [0.3, 0.4) is 0 Å². The number of carboxylic acids is 1. The van der Waals surface area contributed by atoms with Crippen molar-refractivity contribution < 1.29 is 39.5 Å². The number of carbonyl (C=O) groups is 2. The maximum absolute atomic E-state index is 11.5. The fourth-order valence-corrected chi connectivity index (χ4v) is 1.79. The molecule has 0 amide bonds. The predicted molar refractivity (Wildman–Crippen MR) is 63.6 cm³/mol. The van der Waals surface area contributed by atoms with Gasteiger partial charge in [-0.1, -0.05) is 0 Å². The summed E-state index contributed by atoms with van der Waals surface area (Å²) in [6.07, 6.45) is -4.87. The summed E-state index contributed by atoms with van der Waals surface area (Å²) in [6.45, 7) is -0.713. The second-order valence-electron chi connectivity index (χ2n) is 4.55. The van der Waals surface area contributed by atoms with E-state index in [0.29, 0.717) is 0 Å².